The molecule has 7 N–H and O–H groups in total. The molecule has 0 saturated carbocycles. The molecule has 1 unspecified atom stereocenters. The first-order valence-corrected chi connectivity index (χ1v) is 9.89. The highest BCUT2D eigenvalue weighted by atomic mass is 35.5. The number of carbonyl (C=O) groups is 1. The number of hydrogen-bond acceptors (Lipinski definition) is 8. The summed E-state index contributed by atoms with van der Waals surface area (Å²) in [5.41, 5.74) is 5.00. The van der Waals surface area contributed by atoms with Crippen LogP contribution in [0.15, 0.2) is 48.7 Å². The molecule has 2 aromatic heterocycles. The van der Waals surface area contributed by atoms with Crippen LogP contribution in [0.3, 0.4) is 0 Å². The van der Waals surface area contributed by atoms with Gasteiger partial charge in [0.1, 0.15) is 22.8 Å². The first-order valence-electron chi connectivity index (χ1n) is 9.51. The van der Waals surface area contributed by atoms with Crippen molar-refractivity contribution in [2.75, 3.05) is 11.1 Å². The lowest BCUT2D eigenvalue weighted by Crippen LogP contribution is -2.27. The number of rotatable bonds is 5. The molecule has 0 radical (unpaired) electrons. The Balaban J connectivity index is 1.71. The minimum atomic E-state index is -3.57. The molecule has 0 aliphatic carbocycles. The lowest BCUT2D eigenvalue weighted by molar-refractivity contribution is -0.329. The second-order valence-corrected chi connectivity index (χ2v) is 7.65. The molecule has 0 aliphatic heterocycles. The number of aliphatic hydroxyl groups excluding tert-OH is 1. The van der Waals surface area contributed by atoms with Gasteiger partial charge in [0.2, 0.25) is 11.8 Å². The van der Waals surface area contributed by atoms with Crippen LogP contribution in [0.1, 0.15) is 17.5 Å². The Kier molecular flexibility index (Phi) is 5.93. The molecule has 4 aromatic rings. The minimum Gasteiger partial charge on any atom is -0.382 e. The number of anilines is 2. The van der Waals surface area contributed by atoms with Crippen molar-refractivity contribution in [3.05, 3.63) is 76.8 Å². The third-order valence-corrected chi connectivity index (χ3v) is 5.08. The number of halogens is 3. The average Bonchev–Trinajstić information content (AvgIpc) is 3.18. The molecule has 4 rings (SSSR count). The van der Waals surface area contributed by atoms with Gasteiger partial charge in [0.25, 0.3) is 5.91 Å². The summed E-state index contributed by atoms with van der Waals surface area (Å²) in [7, 11) is 0. The van der Waals surface area contributed by atoms with Gasteiger partial charge in [0, 0.05) is 16.3 Å². The highest BCUT2D eigenvalue weighted by Gasteiger charge is 2.33. The zero-order chi connectivity index (χ0) is 24.8. The van der Waals surface area contributed by atoms with Gasteiger partial charge in [0.05, 0.1) is 6.20 Å². The number of hydrogen-bond donors (Lipinski definition) is 6. The van der Waals surface area contributed by atoms with Crippen LogP contribution < -0.4 is 11.1 Å². The predicted molar refractivity (Wildman–Crippen MR) is 116 cm³/mol. The molecule has 0 saturated heterocycles. The van der Waals surface area contributed by atoms with Gasteiger partial charge in [-0.3, -0.25) is 9.20 Å². The third kappa shape index (κ3) is 4.27. The second-order valence-electron chi connectivity index (χ2n) is 7.21. The smallest absolute Gasteiger partial charge is 0.339 e. The van der Waals surface area contributed by atoms with Gasteiger partial charge in [-0.05, 0) is 35.9 Å². The van der Waals surface area contributed by atoms with Crippen LogP contribution in [0.4, 0.5) is 20.3 Å². The van der Waals surface area contributed by atoms with E-state index >= 15 is 4.39 Å². The molecule has 1 amide bonds. The molecule has 0 aliphatic rings. The molecular formula is C21H16ClF2N5O5. The number of amides is 1. The molecule has 10 nitrogen and oxygen atoms in total. The van der Waals surface area contributed by atoms with E-state index in [2.05, 4.69) is 15.3 Å². The highest BCUT2D eigenvalue weighted by molar-refractivity contribution is 6.30. The quantitative estimate of drug-likeness (QED) is 0.229. The van der Waals surface area contributed by atoms with Crippen LogP contribution >= 0.6 is 11.6 Å². The van der Waals surface area contributed by atoms with Crippen molar-refractivity contribution in [3.63, 3.8) is 0 Å². The molecule has 13 heteroatoms. The van der Waals surface area contributed by atoms with Gasteiger partial charge in [-0.1, -0.05) is 23.7 Å². The number of fused-ring (bicyclic) bond motifs is 1. The molecule has 0 bridgehead atoms. The lowest BCUT2D eigenvalue weighted by atomic mass is 10.1. The zero-order valence-corrected chi connectivity index (χ0v) is 17.7. The van der Waals surface area contributed by atoms with Gasteiger partial charge in [-0.15, -0.1) is 0 Å². The Hall–Kier alpha value is -3.68. The van der Waals surface area contributed by atoms with E-state index in [4.69, 9.17) is 17.3 Å². The summed E-state index contributed by atoms with van der Waals surface area (Å²) in [6.45, 7) is 0. The first kappa shape index (κ1) is 23.5. The Morgan fingerprint density at radius 1 is 1.18 bits per heavy atom. The Labute approximate surface area is 194 Å². The SMILES string of the molecule is Nc1ncc(F)n2c(C(O)(O)O)nc(-c3ccc(NC(=O)C(O)c4cccc(Cl)c4)cc3F)c12. The van der Waals surface area contributed by atoms with Gasteiger partial charge in [0.15, 0.2) is 6.10 Å². The van der Waals surface area contributed by atoms with Crippen molar-refractivity contribution in [2.45, 2.75) is 12.1 Å². The van der Waals surface area contributed by atoms with E-state index in [1.54, 1.807) is 12.1 Å². The van der Waals surface area contributed by atoms with Crippen molar-refractivity contribution >= 4 is 34.5 Å². The van der Waals surface area contributed by atoms with E-state index in [0.29, 0.717) is 15.6 Å². The Morgan fingerprint density at radius 3 is 2.56 bits per heavy atom. The number of nitrogen functional groups attached to an aromatic ring is 1. The molecular weight excluding hydrogens is 476 g/mol. The number of carbonyl (C=O) groups excluding carboxylic acids is 1. The molecule has 176 valence electrons. The molecule has 1 atom stereocenters. The predicted octanol–water partition coefficient (Wildman–Crippen LogP) is 1.67. The monoisotopic (exact) mass is 491 g/mol. The Bertz CT molecular complexity index is 1420. The fourth-order valence-corrected chi connectivity index (χ4v) is 3.54. The van der Waals surface area contributed by atoms with E-state index in [1.807, 2.05) is 0 Å². The van der Waals surface area contributed by atoms with Crippen molar-refractivity contribution in [1.82, 2.24) is 14.4 Å². The number of nitrogens with one attached hydrogen (secondary N) is 1. The van der Waals surface area contributed by atoms with Crippen molar-refractivity contribution in [2.24, 2.45) is 0 Å². The van der Waals surface area contributed by atoms with Crippen LogP contribution in [0.25, 0.3) is 16.8 Å². The van der Waals surface area contributed by atoms with Crippen LogP contribution in [0.5, 0.6) is 0 Å². The maximum Gasteiger partial charge on any atom is 0.339 e. The van der Waals surface area contributed by atoms with Crippen molar-refractivity contribution in [1.29, 1.82) is 0 Å². The largest absolute Gasteiger partial charge is 0.382 e. The van der Waals surface area contributed by atoms with E-state index < -0.39 is 35.6 Å². The highest BCUT2D eigenvalue weighted by Crippen LogP contribution is 2.34. The summed E-state index contributed by atoms with van der Waals surface area (Å²) in [6.07, 6.45) is -0.926. The fourth-order valence-electron chi connectivity index (χ4n) is 3.34. The van der Waals surface area contributed by atoms with Crippen LogP contribution in [-0.4, -0.2) is 40.7 Å². The topological polar surface area (TPSA) is 166 Å². The number of benzene rings is 2. The number of aliphatic hydroxyl groups is 4. The molecule has 2 aromatic carbocycles. The average molecular weight is 492 g/mol. The number of imidazole rings is 1. The number of aromatic nitrogens is 3. The summed E-state index contributed by atoms with van der Waals surface area (Å²) < 4.78 is 29.8. The standard InChI is InChI=1S/C21H16ClF2N5O5/c22-10-3-1-2-9(6-10)17(30)19(31)27-11-4-5-12(13(23)7-11)15-16-18(25)26-8-14(24)29(16)20(28-15)21(32,33)34/h1-8,17,30,32-34H,(H2,25,26)(H,27,31). The second kappa shape index (κ2) is 8.59. The first-order chi connectivity index (χ1) is 16.0. The number of nitrogens with zero attached hydrogens (tertiary/aromatic N) is 3. The van der Waals surface area contributed by atoms with E-state index in [0.717, 1.165) is 12.1 Å². The van der Waals surface area contributed by atoms with Gasteiger partial charge >= 0.3 is 5.97 Å². The molecule has 34 heavy (non-hydrogen) atoms. The van der Waals surface area contributed by atoms with Crippen LogP contribution in [-0.2, 0) is 10.8 Å². The van der Waals surface area contributed by atoms with Crippen molar-refractivity contribution < 1.29 is 34.0 Å². The maximum absolute atomic E-state index is 15.0. The summed E-state index contributed by atoms with van der Waals surface area (Å²) in [5.74, 6) is -7.86. The van der Waals surface area contributed by atoms with Gasteiger partial charge in [-0.25, -0.2) is 14.4 Å². The molecule has 0 spiro atoms. The van der Waals surface area contributed by atoms with E-state index in [9.17, 15) is 29.6 Å². The lowest BCUT2D eigenvalue weighted by Gasteiger charge is -2.13. The van der Waals surface area contributed by atoms with Crippen molar-refractivity contribution in [3.8, 4) is 11.3 Å². The maximum atomic E-state index is 15.0. The van der Waals surface area contributed by atoms with E-state index in [1.165, 1.54) is 18.2 Å². The molecule has 0 fully saturated rings. The third-order valence-electron chi connectivity index (χ3n) is 4.85. The summed E-state index contributed by atoms with van der Waals surface area (Å²) in [5, 5.41) is 41.6. The normalized spacial score (nSPS) is 12.7. The van der Waals surface area contributed by atoms with Crippen LogP contribution in [0, 0.1) is 11.8 Å². The fraction of sp³-hybridized carbons (Fsp3) is 0.0952. The van der Waals surface area contributed by atoms with Gasteiger partial charge in [-0.2, -0.15) is 4.39 Å². The minimum absolute atomic E-state index is 0.0332. The molecule has 2 heterocycles. The summed E-state index contributed by atoms with van der Waals surface area (Å²) in [4.78, 5) is 19.7. The van der Waals surface area contributed by atoms with Gasteiger partial charge < -0.3 is 31.5 Å². The zero-order valence-electron chi connectivity index (χ0n) is 16.9. The summed E-state index contributed by atoms with van der Waals surface area (Å²) in [6, 6.07) is 9.32. The number of nitrogens with two attached hydrogens (primary N) is 1. The Morgan fingerprint density at radius 2 is 1.91 bits per heavy atom. The van der Waals surface area contributed by atoms with E-state index in [-0.39, 0.29) is 33.8 Å². The summed E-state index contributed by atoms with van der Waals surface area (Å²) >= 11 is 5.86. The van der Waals surface area contributed by atoms with Crippen LogP contribution in [0.2, 0.25) is 5.02 Å².